The zero-order chi connectivity index (χ0) is 20.3. The number of halogens is 1. The molecule has 28 heavy (non-hydrogen) atoms. The van der Waals surface area contributed by atoms with Gasteiger partial charge in [0.1, 0.15) is 5.58 Å². The monoisotopic (exact) mass is 408 g/mol. The van der Waals surface area contributed by atoms with E-state index in [1.165, 1.54) is 0 Å². The van der Waals surface area contributed by atoms with Gasteiger partial charge >= 0.3 is 12.1 Å². The molecule has 0 radical (unpaired) electrons. The summed E-state index contributed by atoms with van der Waals surface area (Å²) in [5.41, 5.74) is 1.13. The summed E-state index contributed by atoms with van der Waals surface area (Å²) < 4.78 is 15.6. The first-order chi connectivity index (χ1) is 13.4. The van der Waals surface area contributed by atoms with Crippen molar-refractivity contribution in [2.75, 3.05) is 39.4 Å². The number of aryl methyl sites for hydroxylation is 1. The van der Waals surface area contributed by atoms with Crippen molar-refractivity contribution in [1.82, 2.24) is 9.80 Å². The lowest BCUT2D eigenvalue weighted by molar-refractivity contribution is -0.136. The van der Waals surface area contributed by atoms with Gasteiger partial charge in [-0.25, -0.2) is 9.59 Å². The topological polar surface area (TPSA) is 89.3 Å². The summed E-state index contributed by atoms with van der Waals surface area (Å²) in [6, 6.07) is 5.05. The minimum absolute atomic E-state index is 0.0530. The van der Waals surface area contributed by atoms with Crippen molar-refractivity contribution >= 4 is 40.5 Å². The van der Waals surface area contributed by atoms with Gasteiger partial charge in [0.05, 0.1) is 6.61 Å². The van der Waals surface area contributed by atoms with Crippen LogP contribution in [-0.2, 0) is 14.3 Å². The van der Waals surface area contributed by atoms with E-state index >= 15 is 0 Å². The molecule has 0 N–H and O–H groups in total. The molecule has 0 unspecified atom stereocenters. The summed E-state index contributed by atoms with van der Waals surface area (Å²) in [5, 5.41) is 1.26. The van der Waals surface area contributed by atoms with Crippen molar-refractivity contribution in [2.45, 2.75) is 13.8 Å². The Labute approximate surface area is 166 Å². The van der Waals surface area contributed by atoms with Gasteiger partial charge in [-0.15, -0.1) is 0 Å². The van der Waals surface area contributed by atoms with Gasteiger partial charge in [-0.2, -0.15) is 0 Å². The van der Waals surface area contributed by atoms with E-state index in [-0.39, 0.29) is 17.8 Å². The van der Waals surface area contributed by atoms with E-state index in [1.807, 2.05) is 0 Å². The van der Waals surface area contributed by atoms with Gasteiger partial charge < -0.3 is 23.7 Å². The Bertz CT molecular complexity index is 901. The summed E-state index contributed by atoms with van der Waals surface area (Å²) in [5.74, 6) is -0.978. The largest absolute Gasteiger partial charge is 0.450 e. The molecular weight excluding hydrogens is 388 g/mol. The first-order valence-electron chi connectivity index (χ1n) is 8.96. The van der Waals surface area contributed by atoms with Crippen LogP contribution in [-0.4, -0.2) is 67.2 Å². The number of amides is 2. The van der Waals surface area contributed by atoms with E-state index in [0.717, 1.165) is 5.39 Å². The predicted molar refractivity (Wildman–Crippen MR) is 101 cm³/mol. The van der Waals surface area contributed by atoms with E-state index in [4.69, 9.17) is 25.5 Å². The van der Waals surface area contributed by atoms with Gasteiger partial charge in [-0.3, -0.25) is 4.79 Å². The average molecular weight is 409 g/mol. The molecular formula is C19H21ClN2O6. The number of benzene rings is 1. The number of hydrogen-bond acceptors (Lipinski definition) is 6. The maximum atomic E-state index is 12.3. The number of carbonyl (C=O) groups excluding carboxylic acids is 3. The molecule has 3 rings (SSSR count). The van der Waals surface area contributed by atoms with Crippen LogP contribution in [0, 0.1) is 6.92 Å². The number of piperazine rings is 1. The highest BCUT2D eigenvalue weighted by Crippen LogP contribution is 2.28. The Hall–Kier alpha value is -2.74. The van der Waals surface area contributed by atoms with Gasteiger partial charge in [0, 0.05) is 42.2 Å². The molecule has 2 aromatic rings. The molecule has 1 aromatic heterocycles. The number of rotatable bonds is 4. The molecule has 150 valence electrons. The van der Waals surface area contributed by atoms with E-state index in [1.54, 1.807) is 41.8 Å². The van der Waals surface area contributed by atoms with Crippen molar-refractivity contribution in [2.24, 2.45) is 0 Å². The number of fused-ring (bicyclic) bond motifs is 1. The molecule has 0 atom stereocenters. The van der Waals surface area contributed by atoms with Gasteiger partial charge in [-0.1, -0.05) is 11.6 Å². The van der Waals surface area contributed by atoms with Crippen molar-refractivity contribution in [3.8, 4) is 0 Å². The maximum Gasteiger partial charge on any atom is 0.409 e. The molecule has 0 saturated carbocycles. The van der Waals surface area contributed by atoms with Crippen LogP contribution in [0.15, 0.2) is 22.6 Å². The third-order valence-electron chi connectivity index (χ3n) is 4.57. The van der Waals surface area contributed by atoms with Crippen LogP contribution in [0.3, 0.4) is 0 Å². The molecule has 2 amide bonds. The lowest BCUT2D eigenvalue weighted by atomic mass is 10.1. The highest BCUT2D eigenvalue weighted by molar-refractivity contribution is 6.31. The fourth-order valence-corrected chi connectivity index (χ4v) is 3.20. The smallest absolute Gasteiger partial charge is 0.409 e. The van der Waals surface area contributed by atoms with Crippen molar-refractivity contribution in [3.05, 3.63) is 34.5 Å². The van der Waals surface area contributed by atoms with Crippen LogP contribution in [0.1, 0.15) is 23.0 Å². The van der Waals surface area contributed by atoms with E-state index in [0.29, 0.717) is 49.0 Å². The Balaban J connectivity index is 1.54. The van der Waals surface area contributed by atoms with E-state index in [9.17, 15) is 14.4 Å². The minimum Gasteiger partial charge on any atom is -0.450 e. The van der Waals surface area contributed by atoms with Gasteiger partial charge in [0.25, 0.3) is 5.91 Å². The fraction of sp³-hybridized carbons (Fsp3) is 0.421. The van der Waals surface area contributed by atoms with Crippen LogP contribution in [0.4, 0.5) is 4.79 Å². The van der Waals surface area contributed by atoms with Crippen molar-refractivity contribution in [3.63, 3.8) is 0 Å². The van der Waals surface area contributed by atoms with Crippen LogP contribution >= 0.6 is 11.6 Å². The Morgan fingerprint density at radius 1 is 1.11 bits per heavy atom. The van der Waals surface area contributed by atoms with Crippen LogP contribution < -0.4 is 0 Å². The zero-order valence-corrected chi connectivity index (χ0v) is 16.5. The first kappa shape index (κ1) is 20.0. The molecule has 0 spiro atoms. The lowest BCUT2D eigenvalue weighted by Crippen LogP contribution is -2.51. The SMILES string of the molecule is CCOC(=O)N1CCN(C(=O)COC(=O)c2oc3ccc(Cl)cc3c2C)CC1. The number of carbonyl (C=O) groups is 3. The number of furan rings is 1. The van der Waals surface area contributed by atoms with E-state index < -0.39 is 12.6 Å². The van der Waals surface area contributed by atoms with Gasteiger partial charge in [-0.05, 0) is 32.0 Å². The number of ether oxygens (including phenoxy) is 2. The normalized spacial score (nSPS) is 14.2. The highest BCUT2D eigenvalue weighted by Gasteiger charge is 2.26. The number of nitrogens with zero attached hydrogens (tertiary/aromatic N) is 2. The third kappa shape index (κ3) is 4.22. The molecule has 9 heteroatoms. The Morgan fingerprint density at radius 3 is 2.46 bits per heavy atom. The molecule has 2 heterocycles. The van der Waals surface area contributed by atoms with Crippen molar-refractivity contribution in [1.29, 1.82) is 0 Å². The summed E-state index contributed by atoms with van der Waals surface area (Å²) >= 11 is 5.98. The maximum absolute atomic E-state index is 12.3. The molecule has 8 nitrogen and oxygen atoms in total. The molecule has 1 aromatic carbocycles. The Morgan fingerprint density at radius 2 is 1.79 bits per heavy atom. The summed E-state index contributed by atoms with van der Waals surface area (Å²) in [7, 11) is 0. The lowest BCUT2D eigenvalue weighted by Gasteiger charge is -2.33. The number of esters is 1. The molecule has 0 aliphatic carbocycles. The second-order valence-corrected chi connectivity index (χ2v) is 6.78. The summed E-state index contributed by atoms with van der Waals surface area (Å²) in [6.45, 7) is 4.86. The van der Waals surface area contributed by atoms with Crippen LogP contribution in [0.5, 0.6) is 0 Å². The minimum atomic E-state index is -0.705. The molecule has 1 saturated heterocycles. The quantitative estimate of drug-likeness (QED) is 0.723. The fourth-order valence-electron chi connectivity index (χ4n) is 3.03. The van der Waals surface area contributed by atoms with Crippen LogP contribution in [0.25, 0.3) is 11.0 Å². The van der Waals surface area contributed by atoms with Crippen LogP contribution in [0.2, 0.25) is 5.02 Å². The van der Waals surface area contributed by atoms with E-state index in [2.05, 4.69) is 0 Å². The molecule has 1 aliphatic rings. The summed E-state index contributed by atoms with van der Waals surface area (Å²) in [6.07, 6.45) is -0.388. The zero-order valence-electron chi connectivity index (χ0n) is 15.7. The van der Waals surface area contributed by atoms with Gasteiger partial charge in [0.15, 0.2) is 6.61 Å². The first-order valence-corrected chi connectivity index (χ1v) is 9.33. The third-order valence-corrected chi connectivity index (χ3v) is 4.80. The molecule has 0 bridgehead atoms. The average Bonchev–Trinajstić information content (AvgIpc) is 3.02. The second kappa shape index (κ2) is 8.52. The van der Waals surface area contributed by atoms with Crippen molar-refractivity contribution < 1.29 is 28.3 Å². The molecule has 1 fully saturated rings. The summed E-state index contributed by atoms with van der Waals surface area (Å²) in [4.78, 5) is 39.4. The Kier molecular flexibility index (Phi) is 6.08. The second-order valence-electron chi connectivity index (χ2n) is 6.34. The predicted octanol–water partition coefficient (Wildman–Crippen LogP) is 2.85. The highest BCUT2D eigenvalue weighted by atomic mass is 35.5. The standard InChI is InChI=1S/C19H21ClN2O6/c1-3-26-19(25)22-8-6-21(7-9-22)16(23)11-27-18(24)17-12(2)14-10-13(20)4-5-15(14)28-17/h4-5,10H,3,6-9,11H2,1-2H3. The number of hydrogen-bond donors (Lipinski definition) is 0. The molecule has 1 aliphatic heterocycles. The van der Waals surface area contributed by atoms with Gasteiger partial charge in [0.2, 0.25) is 5.76 Å².